The lowest BCUT2D eigenvalue weighted by Gasteiger charge is -2.31. The Morgan fingerprint density at radius 3 is 2.52 bits per heavy atom. The van der Waals surface area contributed by atoms with Crippen molar-refractivity contribution in [3.63, 3.8) is 0 Å². The predicted octanol–water partition coefficient (Wildman–Crippen LogP) is 2.28. The number of para-hydroxylation sites is 1. The summed E-state index contributed by atoms with van der Waals surface area (Å²) < 4.78 is 0. The van der Waals surface area contributed by atoms with E-state index < -0.39 is 6.10 Å². The number of aliphatic hydroxyl groups is 1. The van der Waals surface area contributed by atoms with Gasteiger partial charge in [0, 0.05) is 36.8 Å². The molecule has 2 unspecified atom stereocenters. The quantitative estimate of drug-likeness (QED) is 0.878. The maximum atomic E-state index is 12.6. The van der Waals surface area contributed by atoms with Gasteiger partial charge in [-0.15, -0.1) is 0 Å². The van der Waals surface area contributed by atoms with Crippen LogP contribution in [0.15, 0.2) is 71.6 Å². The van der Waals surface area contributed by atoms with Crippen molar-refractivity contribution >= 4 is 17.8 Å². The fraction of sp³-hybridized carbons (Fsp3) is 0.238. The summed E-state index contributed by atoms with van der Waals surface area (Å²) in [7, 11) is 0. The minimum Gasteiger partial charge on any atom is -0.391 e. The molecule has 138 valence electrons. The number of hydrogen-bond donors (Lipinski definition) is 2. The summed E-state index contributed by atoms with van der Waals surface area (Å²) in [5, 5.41) is 9.64. The van der Waals surface area contributed by atoms with Gasteiger partial charge in [-0.2, -0.15) is 0 Å². The first-order valence-electron chi connectivity index (χ1n) is 9.04. The minimum absolute atomic E-state index is 0.0422. The number of rotatable bonds is 3. The summed E-state index contributed by atoms with van der Waals surface area (Å²) in [5.41, 5.74) is 8.56. The molecule has 0 bridgehead atoms. The van der Waals surface area contributed by atoms with Gasteiger partial charge in [-0.3, -0.25) is 4.79 Å². The second-order valence-corrected chi connectivity index (χ2v) is 6.84. The third-order valence-electron chi connectivity index (χ3n) is 4.94. The SMILES string of the molecule is NC1=CN(c2ccccc2)C(c2ccc(C(=O)N3CCC(O)C3)cc2)C=N1. The van der Waals surface area contributed by atoms with Crippen LogP contribution in [0, 0.1) is 0 Å². The lowest BCUT2D eigenvalue weighted by Crippen LogP contribution is -2.30. The minimum atomic E-state index is -0.414. The van der Waals surface area contributed by atoms with Gasteiger partial charge in [0.05, 0.1) is 12.1 Å². The van der Waals surface area contributed by atoms with Gasteiger partial charge in [0.1, 0.15) is 5.82 Å². The van der Waals surface area contributed by atoms with Gasteiger partial charge >= 0.3 is 0 Å². The van der Waals surface area contributed by atoms with E-state index in [-0.39, 0.29) is 11.9 Å². The van der Waals surface area contributed by atoms with Gasteiger partial charge < -0.3 is 20.6 Å². The fourth-order valence-electron chi connectivity index (χ4n) is 3.50. The lowest BCUT2D eigenvalue weighted by atomic mass is 10.0. The molecule has 6 heteroatoms. The topological polar surface area (TPSA) is 82.2 Å². The molecule has 2 aliphatic rings. The maximum absolute atomic E-state index is 12.6. The average Bonchev–Trinajstić information content (AvgIpc) is 3.14. The molecule has 0 spiro atoms. The van der Waals surface area contributed by atoms with Crippen molar-refractivity contribution in [2.45, 2.75) is 18.6 Å². The molecule has 2 atom stereocenters. The Kier molecular flexibility index (Phi) is 4.64. The summed E-state index contributed by atoms with van der Waals surface area (Å²) in [6.45, 7) is 1.00. The van der Waals surface area contributed by atoms with Crippen LogP contribution < -0.4 is 10.6 Å². The molecule has 0 aromatic heterocycles. The number of anilines is 1. The van der Waals surface area contributed by atoms with E-state index in [2.05, 4.69) is 9.89 Å². The van der Waals surface area contributed by atoms with E-state index in [0.29, 0.717) is 30.9 Å². The van der Waals surface area contributed by atoms with E-state index in [1.54, 1.807) is 4.90 Å². The zero-order valence-electron chi connectivity index (χ0n) is 14.9. The Balaban J connectivity index is 1.57. The molecular formula is C21H22N4O2. The molecule has 0 radical (unpaired) electrons. The number of carbonyl (C=O) groups is 1. The van der Waals surface area contributed by atoms with Crippen molar-refractivity contribution in [3.8, 4) is 0 Å². The molecule has 1 amide bonds. The molecule has 2 heterocycles. The normalized spacial score (nSPS) is 22.0. The van der Waals surface area contributed by atoms with E-state index >= 15 is 0 Å². The number of amides is 1. The lowest BCUT2D eigenvalue weighted by molar-refractivity contribution is 0.0765. The number of nitrogens with two attached hydrogens (primary N) is 1. The summed E-state index contributed by atoms with van der Waals surface area (Å²) in [6, 6.07) is 17.4. The fourth-order valence-corrected chi connectivity index (χ4v) is 3.50. The van der Waals surface area contributed by atoms with Crippen LogP contribution in [0.5, 0.6) is 0 Å². The molecule has 2 aromatic carbocycles. The predicted molar refractivity (Wildman–Crippen MR) is 105 cm³/mol. The van der Waals surface area contributed by atoms with Crippen LogP contribution in [0.2, 0.25) is 0 Å². The number of likely N-dealkylation sites (tertiary alicyclic amines) is 1. The Hall–Kier alpha value is -3.12. The summed E-state index contributed by atoms with van der Waals surface area (Å²) in [5.74, 6) is 0.411. The number of carbonyl (C=O) groups excluding carboxylic acids is 1. The molecule has 0 saturated carbocycles. The Bertz CT molecular complexity index is 877. The van der Waals surface area contributed by atoms with Crippen LogP contribution in [0.4, 0.5) is 5.69 Å². The van der Waals surface area contributed by atoms with Crippen LogP contribution in [-0.2, 0) is 0 Å². The van der Waals surface area contributed by atoms with Gasteiger partial charge in [0.25, 0.3) is 5.91 Å². The highest BCUT2D eigenvalue weighted by molar-refractivity contribution is 5.94. The van der Waals surface area contributed by atoms with Crippen molar-refractivity contribution < 1.29 is 9.90 Å². The van der Waals surface area contributed by atoms with Gasteiger partial charge in [-0.1, -0.05) is 30.3 Å². The average molecular weight is 362 g/mol. The van der Waals surface area contributed by atoms with Gasteiger partial charge in [-0.05, 0) is 36.2 Å². The zero-order valence-corrected chi connectivity index (χ0v) is 14.9. The number of aliphatic hydroxyl groups excluding tert-OH is 1. The third-order valence-corrected chi connectivity index (χ3v) is 4.94. The number of nitrogens with zero attached hydrogens (tertiary/aromatic N) is 3. The van der Waals surface area contributed by atoms with Gasteiger partial charge in [0.2, 0.25) is 0 Å². The van der Waals surface area contributed by atoms with Crippen molar-refractivity contribution in [1.29, 1.82) is 0 Å². The molecule has 4 rings (SSSR count). The molecular weight excluding hydrogens is 340 g/mol. The van der Waals surface area contributed by atoms with Crippen LogP contribution >= 0.6 is 0 Å². The van der Waals surface area contributed by atoms with Crippen molar-refractivity contribution in [2.24, 2.45) is 10.7 Å². The Morgan fingerprint density at radius 1 is 1.11 bits per heavy atom. The maximum Gasteiger partial charge on any atom is 0.253 e. The van der Waals surface area contributed by atoms with E-state index in [4.69, 9.17) is 5.73 Å². The Morgan fingerprint density at radius 2 is 1.85 bits per heavy atom. The Labute approximate surface area is 158 Å². The molecule has 6 nitrogen and oxygen atoms in total. The first-order chi connectivity index (χ1) is 13.1. The highest BCUT2D eigenvalue weighted by Crippen LogP contribution is 2.29. The molecule has 2 aromatic rings. The number of hydrogen-bond acceptors (Lipinski definition) is 5. The van der Waals surface area contributed by atoms with Crippen LogP contribution in [0.3, 0.4) is 0 Å². The number of β-amino-alcohol motifs (C(OH)–C–C–N with tert-alkyl or cyclic N) is 1. The van der Waals surface area contributed by atoms with E-state index in [0.717, 1.165) is 11.3 Å². The number of benzene rings is 2. The monoisotopic (exact) mass is 362 g/mol. The van der Waals surface area contributed by atoms with Crippen molar-refractivity contribution in [1.82, 2.24) is 4.90 Å². The van der Waals surface area contributed by atoms with E-state index in [9.17, 15) is 9.90 Å². The first-order valence-corrected chi connectivity index (χ1v) is 9.04. The molecule has 2 aliphatic heterocycles. The van der Waals surface area contributed by atoms with Crippen LogP contribution in [0.1, 0.15) is 28.4 Å². The van der Waals surface area contributed by atoms with Crippen molar-refractivity contribution in [2.75, 3.05) is 18.0 Å². The number of aliphatic imine (C=N–C) groups is 1. The largest absolute Gasteiger partial charge is 0.391 e. The van der Waals surface area contributed by atoms with Crippen LogP contribution in [-0.4, -0.2) is 41.3 Å². The van der Waals surface area contributed by atoms with E-state index in [1.807, 2.05) is 67.0 Å². The summed E-state index contributed by atoms with van der Waals surface area (Å²) in [6.07, 6.45) is 3.87. The highest BCUT2D eigenvalue weighted by Gasteiger charge is 2.26. The molecule has 1 fully saturated rings. The third kappa shape index (κ3) is 3.57. The molecule has 1 saturated heterocycles. The second kappa shape index (κ2) is 7.25. The second-order valence-electron chi connectivity index (χ2n) is 6.84. The molecule has 0 aliphatic carbocycles. The smallest absolute Gasteiger partial charge is 0.253 e. The molecule has 3 N–H and O–H groups in total. The van der Waals surface area contributed by atoms with E-state index in [1.165, 1.54) is 0 Å². The standard InChI is InChI=1S/C21H22N4O2/c22-20-14-25(17-4-2-1-3-5-17)19(12-23-20)15-6-8-16(9-7-15)21(27)24-11-10-18(26)13-24/h1-9,12,14,18-19,26H,10-11,13,22H2. The van der Waals surface area contributed by atoms with Gasteiger partial charge in [0.15, 0.2) is 0 Å². The van der Waals surface area contributed by atoms with Crippen molar-refractivity contribution in [3.05, 3.63) is 77.7 Å². The van der Waals surface area contributed by atoms with Crippen LogP contribution in [0.25, 0.3) is 0 Å². The summed E-state index contributed by atoms with van der Waals surface area (Å²) >= 11 is 0. The summed E-state index contributed by atoms with van der Waals surface area (Å²) in [4.78, 5) is 20.6. The first kappa shape index (κ1) is 17.3. The highest BCUT2D eigenvalue weighted by atomic mass is 16.3. The zero-order chi connectivity index (χ0) is 18.8. The van der Waals surface area contributed by atoms with Gasteiger partial charge in [-0.25, -0.2) is 4.99 Å². The molecule has 27 heavy (non-hydrogen) atoms.